The van der Waals surface area contributed by atoms with Gasteiger partial charge in [0.2, 0.25) is 5.91 Å². The zero-order valence-corrected chi connectivity index (χ0v) is 14.2. The number of nitrogens with zero attached hydrogens (tertiary/aromatic N) is 3. The number of benzene rings is 1. The maximum atomic E-state index is 12.4. The predicted molar refractivity (Wildman–Crippen MR) is 94.7 cm³/mol. The van der Waals surface area contributed by atoms with Crippen LogP contribution in [0.15, 0.2) is 47.5 Å². The average molecular weight is 325 g/mol. The van der Waals surface area contributed by atoms with Crippen LogP contribution in [0.2, 0.25) is 0 Å². The molecule has 0 saturated heterocycles. The molecule has 1 unspecified atom stereocenters. The smallest absolute Gasteiger partial charge is 0.261 e. The van der Waals surface area contributed by atoms with Crippen molar-refractivity contribution in [3.63, 3.8) is 0 Å². The summed E-state index contributed by atoms with van der Waals surface area (Å²) in [5.41, 5.74) is 0.661. The Hall–Kier alpha value is -2.43. The summed E-state index contributed by atoms with van der Waals surface area (Å²) < 4.78 is 1.60. The highest BCUT2D eigenvalue weighted by atomic mass is 16.2. The number of rotatable bonds is 5. The Labute approximate surface area is 141 Å². The molecule has 5 heteroatoms. The zero-order valence-electron chi connectivity index (χ0n) is 14.2. The first-order valence-electron chi connectivity index (χ1n) is 8.48. The molecule has 0 radical (unpaired) electrons. The summed E-state index contributed by atoms with van der Waals surface area (Å²) in [7, 11) is 0. The van der Waals surface area contributed by atoms with E-state index >= 15 is 0 Å². The number of aromatic nitrogens is 2. The van der Waals surface area contributed by atoms with Crippen LogP contribution in [0, 0.1) is 5.92 Å². The van der Waals surface area contributed by atoms with E-state index in [2.05, 4.69) is 31.0 Å². The zero-order chi connectivity index (χ0) is 17.1. The lowest BCUT2D eigenvalue weighted by Gasteiger charge is -2.27. The van der Waals surface area contributed by atoms with Gasteiger partial charge in [0.1, 0.15) is 0 Å². The number of para-hydroxylation sites is 1. The fraction of sp³-hybridized carbons (Fsp3) is 0.421. The lowest BCUT2D eigenvalue weighted by molar-refractivity contribution is -0.132. The molecule has 1 aromatic carbocycles. The van der Waals surface area contributed by atoms with E-state index in [4.69, 9.17) is 0 Å². The summed E-state index contributed by atoms with van der Waals surface area (Å²) in [6.07, 6.45) is 6.83. The van der Waals surface area contributed by atoms with E-state index in [0.29, 0.717) is 42.8 Å². The molecule has 2 heterocycles. The first kappa shape index (κ1) is 16.4. The fourth-order valence-corrected chi connectivity index (χ4v) is 3.20. The monoisotopic (exact) mass is 325 g/mol. The van der Waals surface area contributed by atoms with Crippen molar-refractivity contribution in [1.82, 2.24) is 14.5 Å². The maximum Gasteiger partial charge on any atom is 0.261 e. The van der Waals surface area contributed by atoms with Gasteiger partial charge in [0.05, 0.1) is 23.3 Å². The van der Waals surface area contributed by atoms with E-state index in [-0.39, 0.29) is 17.5 Å². The summed E-state index contributed by atoms with van der Waals surface area (Å²) in [6, 6.07) is 7.52. The van der Waals surface area contributed by atoms with Gasteiger partial charge in [0.15, 0.2) is 0 Å². The van der Waals surface area contributed by atoms with Crippen molar-refractivity contribution in [2.75, 3.05) is 6.54 Å². The van der Waals surface area contributed by atoms with Gasteiger partial charge < -0.3 is 4.90 Å². The van der Waals surface area contributed by atoms with Crippen LogP contribution in [-0.4, -0.2) is 32.9 Å². The molecule has 1 aliphatic rings. The van der Waals surface area contributed by atoms with Gasteiger partial charge in [-0.1, -0.05) is 38.1 Å². The molecular formula is C19H23N3O2. The Morgan fingerprint density at radius 3 is 2.92 bits per heavy atom. The van der Waals surface area contributed by atoms with Gasteiger partial charge in [-0.2, -0.15) is 0 Å². The first-order valence-corrected chi connectivity index (χ1v) is 8.48. The van der Waals surface area contributed by atoms with Gasteiger partial charge in [-0.15, -0.1) is 0 Å². The number of amides is 1. The maximum absolute atomic E-state index is 12.4. The van der Waals surface area contributed by atoms with Crippen molar-refractivity contribution in [3.05, 3.63) is 53.1 Å². The highest BCUT2D eigenvalue weighted by Gasteiger charge is 2.26. The summed E-state index contributed by atoms with van der Waals surface area (Å²) in [5, 5.41) is 0.620. The minimum atomic E-state index is -0.0454. The Morgan fingerprint density at radius 2 is 2.12 bits per heavy atom. The minimum Gasteiger partial charge on any atom is -0.332 e. The second-order valence-corrected chi connectivity index (χ2v) is 6.57. The van der Waals surface area contributed by atoms with Crippen LogP contribution in [0.25, 0.3) is 10.9 Å². The molecule has 1 amide bonds. The number of fused-ring (bicyclic) bond motifs is 1. The van der Waals surface area contributed by atoms with Crippen LogP contribution in [0.5, 0.6) is 0 Å². The third kappa shape index (κ3) is 3.25. The normalized spacial score (nSPS) is 17.1. The Bertz CT molecular complexity index is 823. The van der Waals surface area contributed by atoms with E-state index in [1.807, 2.05) is 23.1 Å². The largest absolute Gasteiger partial charge is 0.332 e. The summed E-state index contributed by atoms with van der Waals surface area (Å²) in [6.45, 7) is 5.46. The molecular weight excluding hydrogens is 302 g/mol. The van der Waals surface area contributed by atoms with Gasteiger partial charge >= 0.3 is 0 Å². The molecule has 126 valence electrons. The van der Waals surface area contributed by atoms with Gasteiger partial charge in [0.25, 0.3) is 5.56 Å². The Balaban J connectivity index is 1.62. The molecule has 3 rings (SSSR count). The van der Waals surface area contributed by atoms with Crippen molar-refractivity contribution in [2.45, 2.75) is 39.3 Å². The van der Waals surface area contributed by atoms with E-state index < -0.39 is 0 Å². The number of hydrogen-bond acceptors (Lipinski definition) is 3. The summed E-state index contributed by atoms with van der Waals surface area (Å²) in [4.78, 5) is 31.1. The van der Waals surface area contributed by atoms with E-state index in [9.17, 15) is 9.59 Å². The SMILES string of the molecule is CC(C)C1C=CCN1C(=O)CCCn1cnc2ccccc2c1=O. The van der Waals surface area contributed by atoms with Crippen molar-refractivity contribution >= 4 is 16.8 Å². The van der Waals surface area contributed by atoms with Crippen LogP contribution in [0.1, 0.15) is 26.7 Å². The third-order valence-electron chi connectivity index (χ3n) is 4.52. The van der Waals surface area contributed by atoms with E-state index in [1.165, 1.54) is 0 Å². The van der Waals surface area contributed by atoms with Gasteiger partial charge in [-0.25, -0.2) is 4.98 Å². The van der Waals surface area contributed by atoms with E-state index in [0.717, 1.165) is 0 Å². The van der Waals surface area contributed by atoms with E-state index in [1.54, 1.807) is 17.0 Å². The minimum absolute atomic E-state index is 0.0454. The summed E-state index contributed by atoms with van der Waals surface area (Å²) in [5.74, 6) is 0.570. The molecule has 1 aromatic heterocycles. The van der Waals surface area contributed by atoms with Crippen LogP contribution < -0.4 is 5.56 Å². The van der Waals surface area contributed by atoms with Crippen LogP contribution in [0.3, 0.4) is 0 Å². The summed E-state index contributed by atoms with van der Waals surface area (Å²) >= 11 is 0. The molecule has 24 heavy (non-hydrogen) atoms. The number of hydrogen-bond donors (Lipinski definition) is 0. The van der Waals surface area contributed by atoms with Gasteiger partial charge in [-0.05, 0) is 24.5 Å². The van der Waals surface area contributed by atoms with Crippen molar-refractivity contribution < 1.29 is 4.79 Å². The molecule has 1 aliphatic heterocycles. The molecule has 1 atom stereocenters. The second kappa shape index (κ2) is 6.99. The predicted octanol–water partition coefficient (Wildman–Crippen LogP) is 2.60. The molecule has 2 aromatic rings. The molecule has 0 aliphatic carbocycles. The third-order valence-corrected chi connectivity index (χ3v) is 4.52. The van der Waals surface area contributed by atoms with Crippen LogP contribution in [0.4, 0.5) is 0 Å². The molecule has 0 saturated carbocycles. The molecule has 0 N–H and O–H groups in total. The average Bonchev–Trinajstić information content (AvgIpc) is 3.07. The Kier molecular flexibility index (Phi) is 4.79. The van der Waals surface area contributed by atoms with Crippen LogP contribution in [-0.2, 0) is 11.3 Å². The Morgan fingerprint density at radius 1 is 1.33 bits per heavy atom. The number of carbonyl (C=O) groups excluding carboxylic acids is 1. The lowest BCUT2D eigenvalue weighted by atomic mass is 10.0. The van der Waals surface area contributed by atoms with Gasteiger partial charge in [-0.3, -0.25) is 14.2 Å². The topological polar surface area (TPSA) is 55.2 Å². The number of aryl methyl sites for hydroxylation is 1. The second-order valence-electron chi connectivity index (χ2n) is 6.57. The lowest BCUT2D eigenvalue weighted by Crippen LogP contribution is -2.39. The molecule has 0 spiro atoms. The number of carbonyl (C=O) groups is 1. The van der Waals surface area contributed by atoms with Crippen LogP contribution >= 0.6 is 0 Å². The quantitative estimate of drug-likeness (QED) is 0.794. The molecule has 0 fully saturated rings. The van der Waals surface area contributed by atoms with Crippen molar-refractivity contribution in [2.24, 2.45) is 5.92 Å². The molecule has 5 nitrogen and oxygen atoms in total. The first-order chi connectivity index (χ1) is 11.6. The fourth-order valence-electron chi connectivity index (χ4n) is 3.20. The van der Waals surface area contributed by atoms with Crippen molar-refractivity contribution in [3.8, 4) is 0 Å². The molecule has 0 bridgehead atoms. The van der Waals surface area contributed by atoms with Gasteiger partial charge in [0, 0.05) is 19.5 Å². The van der Waals surface area contributed by atoms with Crippen molar-refractivity contribution in [1.29, 1.82) is 0 Å². The highest BCUT2D eigenvalue weighted by Crippen LogP contribution is 2.19. The highest BCUT2D eigenvalue weighted by molar-refractivity contribution is 5.78. The standard InChI is InChI=1S/C19H23N3O2/c1-14(2)17-9-5-12-22(17)18(23)10-6-11-21-13-20-16-8-4-3-7-15(16)19(21)24/h3-5,7-9,13-14,17H,6,10-12H2,1-2H3.